The highest BCUT2D eigenvalue weighted by Crippen LogP contribution is 2.31. The molecule has 1 aromatic carbocycles. The Kier molecular flexibility index (Phi) is 6.13. The minimum atomic E-state index is -4.48. The molecule has 1 aliphatic rings. The molecule has 8 heteroatoms. The van der Waals surface area contributed by atoms with Crippen molar-refractivity contribution in [2.45, 2.75) is 57.3 Å². The molecule has 1 N–H and O–H groups in total. The third-order valence-electron chi connectivity index (χ3n) is 6.33. The fraction of sp³-hybridized carbons (Fsp3) is 0.417. The Bertz CT molecular complexity index is 1080. The van der Waals surface area contributed by atoms with Crippen LogP contribution in [0.5, 0.6) is 0 Å². The summed E-state index contributed by atoms with van der Waals surface area (Å²) in [4.78, 5) is 18.3. The number of nitrogens with one attached hydrogen (secondary N) is 1. The van der Waals surface area contributed by atoms with Gasteiger partial charge in [0.1, 0.15) is 11.5 Å². The normalized spacial score (nSPS) is 19.2. The van der Waals surface area contributed by atoms with Crippen LogP contribution in [0.4, 0.5) is 19.0 Å². The summed E-state index contributed by atoms with van der Waals surface area (Å²) < 4.78 is 40.8. The number of alkyl halides is 3. The summed E-state index contributed by atoms with van der Waals surface area (Å²) in [5.41, 5.74) is 1.24. The molecule has 0 atom stereocenters. The van der Waals surface area contributed by atoms with Crippen molar-refractivity contribution in [1.29, 1.82) is 0 Å². The van der Waals surface area contributed by atoms with E-state index in [9.17, 15) is 18.0 Å². The third kappa shape index (κ3) is 4.59. The van der Waals surface area contributed by atoms with Crippen LogP contribution in [0.2, 0.25) is 0 Å². The number of pyridine rings is 1. The van der Waals surface area contributed by atoms with Crippen LogP contribution in [0.25, 0.3) is 5.65 Å². The third-order valence-corrected chi connectivity index (χ3v) is 6.33. The Morgan fingerprint density at radius 2 is 1.81 bits per heavy atom. The van der Waals surface area contributed by atoms with Gasteiger partial charge in [0, 0.05) is 30.9 Å². The van der Waals surface area contributed by atoms with Crippen LogP contribution >= 0.6 is 0 Å². The van der Waals surface area contributed by atoms with Crippen LogP contribution in [-0.4, -0.2) is 34.4 Å². The van der Waals surface area contributed by atoms with Crippen LogP contribution in [0.3, 0.4) is 0 Å². The van der Waals surface area contributed by atoms with Crippen molar-refractivity contribution in [3.05, 3.63) is 65.5 Å². The summed E-state index contributed by atoms with van der Waals surface area (Å²) in [5.74, 6) is 0.612. The highest BCUT2D eigenvalue weighted by Gasteiger charge is 2.34. The molecular weight excluding hydrogens is 417 g/mol. The summed E-state index contributed by atoms with van der Waals surface area (Å²) in [7, 11) is 1.90. The highest BCUT2D eigenvalue weighted by atomic mass is 19.4. The van der Waals surface area contributed by atoms with Crippen molar-refractivity contribution in [3.63, 3.8) is 0 Å². The minimum absolute atomic E-state index is 0.0627. The second-order valence-corrected chi connectivity index (χ2v) is 8.38. The summed E-state index contributed by atoms with van der Waals surface area (Å²) in [6, 6.07) is 13.0. The van der Waals surface area contributed by atoms with Crippen LogP contribution in [-0.2, 0) is 12.6 Å². The first-order valence-corrected chi connectivity index (χ1v) is 10.9. The Labute approximate surface area is 185 Å². The minimum Gasteiger partial charge on any atom is -0.358 e. The lowest BCUT2D eigenvalue weighted by Crippen LogP contribution is -2.43. The van der Waals surface area contributed by atoms with Crippen molar-refractivity contribution in [3.8, 4) is 0 Å². The molecule has 3 aromatic rings. The number of carbonyl (C=O) groups excluding carboxylic acids is 1. The average Bonchev–Trinajstić information content (AvgIpc) is 3.24. The van der Waals surface area contributed by atoms with Crippen molar-refractivity contribution in [1.82, 2.24) is 14.7 Å². The van der Waals surface area contributed by atoms with E-state index in [4.69, 9.17) is 0 Å². The van der Waals surface area contributed by atoms with E-state index in [0.717, 1.165) is 38.3 Å². The van der Waals surface area contributed by atoms with Gasteiger partial charge in [0.15, 0.2) is 5.69 Å². The zero-order valence-corrected chi connectivity index (χ0v) is 18.2. The maximum atomic E-state index is 13.1. The molecule has 4 rings (SSSR count). The maximum absolute atomic E-state index is 13.1. The van der Waals surface area contributed by atoms with E-state index in [0.29, 0.717) is 11.4 Å². The van der Waals surface area contributed by atoms with E-state index in [1.807, 2.05) is 42.3 Å². The van der Waals surface area contributed by atoms with Gasteiger partial charge in [-0.2, -0.15) is 13.2 Å². The largest absolute Gasteiger partial charge is 0.434 e. The Balaban J connectivity index is 1.40. The van der Waals surface area contributed by atoms with Crippen molar-refractivity contribution < 1.29 is 18.0 Å². The molecule has 5 nitrogen and oxygen atoms in total. The molecule has 0 saturated heterocycles. The lowest BCUT2D eigenvalue weighted by atomic mass is 9.90. The van der Waals surface area contributed by atoms with Gasteiger partial charge in [-0.25, -0.2) is 4.98 Å². The molecule has 32 heavy (non-hydrogen) atoms. The van der Waals surface area contributed by atoms with Gasteiger partial charge < -0.3 is 10.2 Å². The lowest BCUT2D eigenvalue weighted by molar-refractivity contribution is -0.140. The molecular formula is C24H27F3N4O. The first-order valence-electron chi connectivity index (χ1n) is 10.9. The average molecular weight is 445 g/mol. The predicted octanol–water partition coefficient (Wildman–Crippen LogP) is 5.09. The molecule has 1 fully saturated rings. The van der Waals surface area contributed by atoms with Gasteiger partial charge in [-0.05, 0) is 61.9 Å². The molecule has 0 aliphatic heterocycles. The lowest BCUT2D eigenvalue weighted by Gasteiger charge is -2.36. The molecule has 170 valence electrons. The number of amides is 1. The number of halogens is 3. The van der Waals surface area contributed by atoms with Gasteiger partial charge in [-0.3, -0.25) is 9.20 Å². The molecule has 1 aliphatic carbocycles. The monoisotopic (exact) mass is 444 g/mol. The first-order chi connectivity index (χ1) is 15.3. The number of anilines is 1. The van der Waals surface area contributed by atoms with E-state index >= 15 is 0 Å². The van der Waals surface area contributed by atoms with Gasteiger partial charge in [0.2, 0.25) is 0 Å². The van der Waals surface area contributed by atoms with Crippen LogP contribution in [0.15, 0.2) is 48.7 Å². The Morgan fingerprint density at radius 3 is 2.44 bits per heavy atom. The molecule has 2 heterocycles. The van der Waals surface area contributed by atoms with Gasteiger partial charge >= 0.3 is 6.18 Å². The SMILES string of the molecule is CCc1ccc(C(=O)NC2CCC(N(C)c3cccc4nc(C(F)(F)F)cn34)CC2)cc1. The number of rotatable bonds is 5. The number of hydrogen-bond donors (Lipinski definition) is 1. The summed E-state index contributed by atoms with van der Waals surface area (Å²) in [5, 5.41) is 3.12. The zero-order chi connectivity index (χ0) is 22.9. The number of hydrogen-bond acceptors (Lipinski definition) is 3. The van der Waals surface area contributed by atoms with E-state index in [2.05, 4.69) is 17.2 Å². The van der Waals surface area contributed by atoms with E-state index < -0.39 is 11.9 Å². The number of aromatic nitrogens is 2. The predicted molar refractivity (Wildman–Crippen MR) is 118 cm³/mol. The maximum Gasteiger partial charge on any atom is 0.434 e. The zero-order valence-electron chi connectivity index (χ0n) is 18.2. The number of carbonyl (C=O) groups is 1. The van der Waals surface area contributed by atoms with Gasteiger partial charge in [0.05, 0.1) is 0 Å². The molecule has 1 saturated carbocycles. The fourth-order valence-electron chi connectivity index (χ4n) is 4.38. The number of nitrogens with zero attached hydrogens (tertiary/aromatic N) is 3. The van der Waals surface area contributed by atoms with Gasteiger partial charge in [-0.15, -0.1) is 0 Å². The van der Waals surface area contributed by atoms with Crippen molar-refractivity contribution in [2.24, 2.45) is 0 Å². The number of imidazole rings is 1. The van der Waals surface area contributed by atoms with E-state index in [1.165, 1.54) is 9.96 Å². The van der Waals surface area contributed by atoms with Crippen LogP contribution < -0.4 is 10.2 Å². The van der Waals surface area contributed by atoms with Crippen LogP contribution in [0, 0.1) is 0 Å². The molecule has 1 amide bonds. The Hall–Kier alpha value is -3.03. The smallest absolute Gasteiger partial charge is 0.358 e. The number of fused-ring (bicyclic) bond motifs is 1. The number of aryl methyl sites for hydroxylation is 1. The molecule has 0 bridgehead atoms. The second kappa shape index (κ2) is 8.84. The second-order valence-electron chi connectivity index (χ2n) is 8.38. The molecule has 2 aromatic heterocycles. The van der Waals surface area contributed by atoms with Crippen molar-refractivity contribution in [2.75, 3.05) is 11.9 Å². The summed E-state index contributed by atoms with van der Waals surface area (Å²) in [6.45, 7) is 2.08. The molecule has 0 radical (unpaired) electrons. The summed E-state index contributed by atoms with van der Waals surface area (Å²) in [6.07, 6.45) is 0.833. The molecule has 0 spiro atoms. The Morgan fingerprint density at radius 1 is 1.12 bits per heavy atom. The van der Waals surface area contributed by atoms with Gasteiger partial charge in [0.25, 0.3) is 5.91 Å². The standard InChI is InChI=1S/C24H27F3N4O/c1-3-16-7-9-17(10-8-16)23(32)28-18-11-13-19(14-12-18)30(2)22-6-4-5-21-29-20(15-31(21)22)24(25,26)27/h4-10,15,18-19H,3,11-14H2,1-2H3,(H,28,32). The van der Waals surface area contributed by atoms with Gasteiger partial charge in [-0.1, -0.05) is 25.1 Å². The van der Waals surface area contributed by atoms with E-state index in [-0.39, 0.29) is 23.6 Å². The van der Waals surface area contributed by atoms with Crippen LogP contribution in [0.1, 0.15) is 54.2 Å². The fourth-order valence-corrected chi connectivity index (χ4v) is 4.38. The highest BCUT2D eigenvalue weighted by molar-refractivity contribution is 5.94. The van der Waals surface area contributed by atoms with E-state index in [1.54, 1.807) is 12.1 Å². The topological polar surface area (TPSA) is 49.6 Å². The quantitative estimate of drug-likeness (QED) is 0.596. The molecule has 0 unspecified atom stereocenters. The summed E-state index contributed by atoms with van der Waals surface area (Å²) >= 11 is 0. The number of benzene rings is 1. The van der Waals surface area contributed by atoms with Crippen molar-refractivity contribution >= 4 is 17.4 Å². The first kappa shape index (κ1) is 22.2.